The molecule has 0 spiro atoms. The molecule has 2 rings (SSSR count). The Morgan fingerprint density at radius 3 is 2.74 bits per heavy atom. The van der Waals surface area contributed by atoms with Crippen molar-refractivity contribution in [1.82, 2.24) is 4.90 Å². The van der Waals surface area contributed by atoms with Crippen molar-refractivity contribution in [2.24, 2.45) is 0 Å². The molecule has 2 nitrogen and oxygen atoms in total. The maximum atomic E-state index is 14.3. The van der Waals surface area contributed by atoms with Crippen LogP contribution in [-0.2, 0) is 17.1 Å². The molecule has 0 radical (unpaired) electrons. The lowest BCUT2D eigenvalue weighted by Gasteiger charge is -2.26. The molecule has 0 unspecified atom stereocenters. The highest BCUT2D eigenvalue weighted by molar-refractivity contribution is 5.89. The molecule has 0 atom stereocenters. The van der Waals surface area contributed by atoms with Gasteiger partial charge in [-0.1, -0.05) is 12.7 Å². The summed E-state index contributed by atoms with van der Waals surface area (Å²) in [6.07, 6.45) is 2.68. The first-order valence-corrected chi connectivity index (χ1v) is 5.64. The third kappa shape index (κ3) is 2.28. The van der Waals surface area contributed by atoms with E-state index in [1.54, 1.807) is 0 Å². The zero-order chi connectivity index (χ0) is 14.2. The highest BCUT2D eigenvalue weighted by Crippen LogP contribution is 2.39. The van der Waals surface area contributed by atoms with Gasteiger partial charge >= 0.3 is 5.92 Å². The molecule has 1 aliphatic rings. The number of hydrogen-bond acceptors (Lipinski definition) is 1. The Morgan fingerprint density at radius 1 is 1.37 bits per heavy atom. The van der Waals surface area contributed by atoms with Crippen molar-refractivity contribution in [2.75, 3.05) is 7.05 Å². The number of benzene rings is 1. The molecule has 0 saturated carbocycles. The van der Waals surface area contributed by atoms with Gasteiger partial charge in [-0.05, 0) is 36.3 Å². The predicted octanol–water partition coefficient (Wildman–Crippen LogP) is 3.00. The van der Waals surface area contributed by atoms with Gasteiger partial charge in [0.25, 0.3) is 0 Å². The third-order valence-electron chi connectivity index (χ3n) is 3.10. The van der Waals surface area contributed by atoms with E-state index in [0.717, 1.165) is 23.1 Å². The first-order chi connectivity index (χ1) is 8.84. The number of halogens is 3. The topological polar surface area (TPSA) is 20.3 Å². The Morgan fingerprint density at radius 2 is 2.05 bits per heavy atom. The van der Waals surface area contributed by atoms with Gasteiger partial charge in [-0.15, -0.1) is 0 Å². The van der Waals surface area contributed by atoms with Crippen LogP contribution in [0.25, 0.3) is 0 Å². The van der Waals surface area contributed by atoms with Crippen molar-refractivity contribution in [3.63, 3.8) is 0 Å². The number of likely N-dealkylation sites (N-methyl/N-ethyl adjacent to an activating group) is 1. The second-order valence-corrected chi connectivity index (χ2v) is 4.33. The summed E-state index contributed by atoms with van der Waals surface area (Å²) in [4.78, 5) is 12.4. The standard InChI is InChI=1S/C14H12F3NO/c1-9-14(16,17)12-7-6-11(15)8-10(12)4-3-5-13(19)18(9)2/h3,5-8H,1,4H2,2H3/b5-3-. The van der Waals surface area contributed by atoms with Gasteiger partial charge in [0.05, 0.1) is 5.70 Å². The molecule has 0 N–H and O–H groups in total. The third-order valence-corrected chi connectivity index (χ3v) is 3.10. The molecule has 1 aliphatic heterocycles. The smallest absolute Gasteiger partial charge is 0.310 e. The van der Waals surface area contributed by atoms with E-state index in [9.17, 15) is 18.0 Å². The van der Waals surface area contributed by atoms with E-state index in [4.69, 9.17) is 0 Å². The molecule has 0 fully saturated rings. The minimum atomic E-state index is -3.42. The fraction of sp³-hybridized carbons (Fsp3) is 0.214. The summed E-state index contributed by atoms with van der Waals surface area (Å²) in [5.41, 5.74) is -0.812. The molecule has 5 heteroatoms. The largest absolute Gasteiger partial charge is 0.312 e. The van der Waals surface area contributed by atoms with Gasteiger partial charge in [0.1, 0.15) is 5.82 Å². The first kappa shape index (κ1) is 13.4. The SMILES string of the molecule is C=C1N(C)C(=O)/C=C\Cc2cc(F)ccc2C1(F)F. The van der Waals surface area contributed by atoms with E-state index in [0.29, 0.717) is 0 Å². The van der Waals surface area contributed by atoms with Crippen LogP contribution < -0.4 is 0 Å². The first-order valence-electron chi connectivity index (χ1n) is 5.64. The van der Waals surface area contributed by atoms with Gasteiger partial charge in [-0.2, -0.15) is 8.78 Å². The average molecular weight is 267 g/mol. The van der Waals surface area contributed by atoms with Crippen molar-refractivity contribution < 1.29 is 18.0 Å². The van der Waals surface area contributed by atoms with Gasteiger partial charge in [0.2, 0.25) is 5.91 Å². The Bertz CT molecular complexity index is 578. The van der Waals surface area contributed by atoms with E-state index < -0.39 is 23.3 Å². The van der Waals surface area contributed by atoms with Crippen LogP contribution in [0.5, 0.6) is 0 Å². The maximum Gasteiger partial charge on any atom is 0.312 e. The maximum absolute atomic E-state index is 14.3. The molecule has 100 valence electrons. The fourth-order valence-corrected chi connectivity index (χ4v) is 1.94. The molecule has 1 heterocycles. The van der Waals surface area contributed by atoms with Crippen molar-refractivity contribution in [3.05, 3.63) is 59.6 Å². The number of hydrogen-bond donors (Lipinski definition) is 0. The van der Waals surface area contributed by atoms with Crippen molar-refractivity contribution in [3.8, 4) is 0 Å². The molecular weight excluding hydrogens is 255 g/mol. The van der Waals surface area contributed by atoms with Gasteiger partial charge in [-0.3, -0.25) is 4.79 Å². The summed E-state index contributed by atoms with van der Waals surface area (Å²) in [6, 6.07) is 3.06. The van der Waals surface area contributed by atoms with E-state index in [1.165, 1.54) is 19.2 Å². The Labute approximate surface area is 108 Å². The zero-order valence-corrected chi connectivity index (χ0v) is 10.3. The highest BCUT2D eigenvalue weighted by Gasteiger charge is 2.40. The second kappa shape index (κ2) is 4.57. The minimum Gasteiger partial charge on any atom is -0.310 e. The molecule has 1 amide bonds. The van der Waals surface area contributed by atoms with Crippen LogP contribution in [0.15, 0.2) is 42.6 Å². The lowest BCUT2D eigenvalue weighted by atomic mass is 9.97. The number of rotatable bonds is 0. The second-order valence-electron chi connectivity index (χ2n) is 4.33. The molecule has 1 aromatic rings. The van der Waals surface area contributed by atoms with Crippen LogP contribution in [0.1, 0.15) is 11.1 Å². The van der Waals surface area contributed by atoms with Gasteiger partial charge in [-0.25, -0.2) is 4.39 Å². The summed E-state index contributed by atoms with van der Waals surface area (Å²) < 4.78 is 41.8. The number of alkyl halides is 2. The highest BCUT2D eigenvalue weighted by atomic mass is 19.3. The van der Waals surface area contributed by atoms with Crippen molar-refractivity contribution in [1.29, 1.82) is 0 Å². The molecule has 19 heavy (non-hydrogen) atoms. The van der Waals surface area contributed by atoms with E-state index in [2.05, 4.69) is 6.58 Å². The van der Waals surface area contributed by atoms with Gasteiger partial charge in [0, 0.05) is 12.6 Å². The summed E-state index contributed by atoms with van der Waals surface area (Å²) in [7, 11) is 1.23. The van der Waals surface area contributed by atoms with Gasteiger partial charge < -0.3 is 4.90 Å². The number of carbonyl (C=O) groups excluding carboxylic acids is 1. The van der Waals surface area contributed by atoms with Crippen LogP contribution in [0.2, 0.25) is 0 Å². The van der Waals surface area contributed by atoms with Crippen LogP contribution in [-0.4, -0.2) is 17.9 Å². The molecular formula is C14H12F3NO. The summed E-state index contributed by atoms with van der Waals surface area (Å²) in [5, 5.41) is 0. The zero-order valence-electron chi connectivity index (χ0n) is 10.3. The normalized spacial score (nSPS) is 20.3. The fourth-order valence-electron chi connectivity index (χ4n) is 1.94. The lowest BCUT2D eigenvalue weighted by molar-refractivity contribution is -0.125. The van der Waals surface area contributed by atoms with E-state index in [-0.39, 0.29) is 17.5 Å². The summed E-state index contributed by atoms with van der Waals surface area (Å²) >= 11 is 0. The van der Waals surface area contributed by atoms with Crippen LogP contribution in [0.4, 0.5) is 13.2 Å². The molecule has 0 aliphatic carbocycles. The molecule has 1 aromatic carbocycles. The van der Waals surface area contributed by atoms with E-state index in [1.807, 2.05) is 0 Å². The minimum absolute atomic E-state index is 0.0650. The average Bonchev–Trinajstić information content (AvgIpc) is 2.38. The van der Waals surface area contributed by atoms with Crippen LogP contribution >= 0.6 is 0 Å². The van der Waals surface area contributed by atoms with Crippen LogP contribution in [0.3, 0.4) is 0 Å². The predicted molar refractivity (Wildman–Crippen MR) is 65.0 cm³/mol. The monoisotopic (exact) mass is 267 g/mol. The molecule has 0 saturated heterocycles. The Hall–Kier alpha value is -2.04. The van der Waals surface area contributed by atoms with E-state index >= 15 is 0 Å². The number of nitrogens with zero attached hydrogens (tertiary/aromatic N) is 1. The quantitative estimate of drug-likeness (QED) is 0.707. The van der Waals surface area contributed by atoms with Gasteiger partial charge in [0.15, 0.2) is 0 Å². The lowest BCUT2D eigenvalue weighted by Crippen LogP contribution is -2.33. The van der Waals surface area contributed by atoms with Crippen LogP contribution in [0, 0.1) is 5.82 Å². The summed E-state index contributed by atoms with van der Waals surface area (Å²) in [5.74, 6) is -4.59. The van der Waals surface area contributed by atoms with Crippen molar-refractivity contribution in [2.45, 2.75) is 12.3 Å². The molecule has 0 bridgehead atoms. The number of carbonyl (C=O) groups is 1. The van der Waals surface area contributed by atoms with Crippen molar-refractivity contribution >= 4 is 5.91 Å². The molecule has 0 aromatic heterocycles. The summed E-state index contributed by atoms with van der Waals surface area (Å²) in [6.45, 7) is 3.29. The Balaban J connectivity index is 2.63. The Kier molecular flexibility index (Phi) is 3.22. The number of amides is 1. The number of allylic oxidation sites excluding steroid dienone is 2. The number of fused-ring (bicyclic) bond motifs is 1.